The van der Waals surface area contributed by atoms with E-state index in [0.29, 0.717) is 25.8 Å². The topological polar surface area (TPSA) is 30.8 Å². The molecule has 0 aromatic carbocycles. The van der Waals surface area contributed by atoms with E-state index in [1.54, 1.807) is 0 Å². The van der Waals surface area contributed by atoms with Gasteiger partial charge in [0.25, 0.3) is 0 Å². The van der Waals surface area contributed by atoms with Gasteiger partial charge in [-0.2, -0.15) is 0 Å². The van der Waals surface area contributed by atoms with Gasteiger partial charge in [-0.05, 0) is 20.8 Å². The normalized spacial score (nSPS) is 8.70. The Morgan fingerprint density at radius 3 is 1.90 bits per heavy atom. The van der Waals surface area contributed by atoms with Crippen LogP contribution in [0.5, 0.6) is 0 Å². The second-order valence-electron chi connectivity index (χ2n) is 1.61. The van der Waals surface area contributed by atoms with Gasteiger partial charge in [-0.25, -0.2) is 4.99 Å². The Hall–Kier alpha value is -0.730. The van der Waals surface area contributed by atoms with Crippen LogP contribution in [-0.2, 0) is 9.47 Å². The molecular weight excluding hydrogens is 130 g/mol. The zero-order chi connectivity index (χ0) is 7.82. The number of nitrogens with zero attached hydrogens (tertiary/aromatic N) is 1. The molecule has 0 N–H and O–H groups in total. The largest absolute Gasteiger partial charge is 0.451 e. The van der Waals surface area contributed by atoms with E-state index in [-0.39, 0.29) is 0 Å². The van der Waals surface area contributed by atoms with Crippen LogP contribution in [0.2, 0.25) is 0 Å². The van der Waals surface area contributed by atoms with Crippen molar-refractivity contribution in [3.05, 3.63) is 0 Å². The van der Waals surface area contributed by atoms with Crippen molar-refractivity contribution in [3.63, 3.8) is 0 Å². The molecule has 0 radical (unpaired) electrons. The lowest BCUT2D eigenvalue weighted by atomic mass is 10.8. The number of rotatable bonds is 3. The monoisotopic (exact) mass is 145 g/mol. The lowest BCUT2D eigenvalue weighted by molar-refractivity contribution is 0.180. The number of aliphatic imine (C=N–C) groups is 1. The fraction of sp³-hybridized carbons (Fsp3) is 0.857. The first-order valence-corrected chi connectivity index (χ1v) is 3.65. The van der Waals surface area contributed by atoms with Crippen molar-refractivity contribution in [3.8, 4) is 0 Å². The first kappa shape index (κ1) is 9.27. The van der Waals surface area contributed by atoms with Crippen LogP contribution in [0.4, 0.5) is 0 Å². The molecule has 0 bridgehead atoms. The molecule has 3 heteroatoms. The Morgan fingerprint density at radius 2 is 1.60 bits per heavy atom. The lowest BCUT2D eigenvalue weighted by Gasteiger charge is -2.05. The Kier molecular flexibility index (Phi) is 5.92. The third-order valence-electron chi connectivity index (χ3n) is 0.823. The van der Waals surface area contributed by atoms with Gasteiger partial charge in [0, 0.05) is 6.54 Å². The smallest absolute Gasteiger partial charge is 0.383 e. The number of ether oxygens (including phenoxy) is 2. The summed E-state index contributed by atoms with van der Waals surface area (Å²) < 4.78 is 10.1. The van der Waals surface area contributed by atoms with Crippen molar-refractivity contribution < 1.29 is 9.47 Å². The van der Waals surface area contributed by atoms with Gasteiger partial charge in [-0.1, -0.05) is 0 Å². The SMILES string of the molecule is CCN=C(OCC)OCC. The molecule has 0 atom stereocenters. The Morgan fingerprint density at radius 1 is 1.10 bits per heavy atom. The summed E-state index contributed by atoms with van der Waals surface area (Å²) in [4.78, 5) is 3.98. The highest BCUT2D eigenvalue weighted by Crippen LogP contribution is 1.85. The van der Waals surface area contributed by atoms with Gasteiger partial charge in [0.1, 0.15) is 0 Å². The quantitative estimate of drug-likeness (QED) is 0.444. The van der Waals surface area contributed by atoms with Gasteiger partial charge in [0.15, 0.2) is 0 Å². The van der Waals surface area contributed by atoms with Crippen LogP contribution in [-0.4, -0.2) is 25.8 Å². The minimum atomic E-state index is 0.410. The summed E-state index contributed by atoms with van der Waals surface area (Å²) >= 11 is 0. The highest BCUT2D eigenvalue weighted by atomic mass is 16.7. The van der Waals surface area contributed by atoms with E-state index in [9.17, 15) is 0 Å². The second kappa shape index (κ2) is 6.39. The second-order valence-corrected chi connectivity index (χ2v) is 1.61. The van der Waals surface area contributed by atoms with Crippen LogP contribution in [0, 0.1) is 0 Å². The molecule has 0 unspecified atom stereocenters. The Bertz CT molecular complexity index is 93.8. The van der Waals surface area contributed by atoms with Crippen LogP contribution in [0.3, 0.4) is 0 Å². The standard InChI is InChI=1S/C7H15NO2/c1-4-8-7(9-5-2)10-6-3/h4-6H2,1-3H3. The van der Waals surface area contributed by atoms with Crippen molar-refractivity contribution in [1.82, 2.24) is 0 Å². The Balaban J connectivity index is 3.60. The summed E-state index contributed by atoms with van der Waals surface area (Å²) in [6.07, 6.45) is 0.410. The third kappa shape index (κ3) is 4.18. The van der Waals surface area contributed by atoms with Crippen LogP contribution >= 0.6 is 0 Å². The van der Waals surface area contributed by atoms with Gasteiger partial charge in [0.05, 0.1) is 13.2 Å². The minimum absolute atomic E-state index is 0.410. The Labute approximate surface area is 62.1 Å². The molecule has 0 amide bonds. The maximum atomic E-state index is 5.05. The van der Waals surface area contributed by atoms with Gasteiger partial charge < -0.3 is 9.47 Å². The summed E-state index contributed by atoms with van der Waals surface area (Å²) in [7, 11) is 0. The van der Waals surface area contributed by atoms with Gasteiger partial charge in [-0.15, -0.1) is 0 Å². The number of hydrogen-bond donors (Lipinski definition) is 0. The van der Waals surface area contributed by atoms with E-state index >= 15 is 0 Å². The predicted octanol–water partition coefficient (Wildman–Crippen LogP) is 1.44. The first-order valence-electron chi connectivity index (χ1n) is 3.65. The maximum Gasteiger partial charge on any atom is 0.383 e. The van der Waals surface area contributed by atoms with Crippen molar-refractivity contribution >= 4 is 6.08 Å². The van der Waals surface area contributed by atoms with Crippen molar-refractivity contribution in [1.29, 1.82) is 0 Å². The molecule has 0 heterocycles. The molecule has 0 fully saturated rings. The molecule has 0 aromatic rings. The summed E-state index contributed by atoms with van der Waals surface area (Å²) in [5.74, 6) is 0. The van der Waals surface area contributed by atoms with Crippen molar-refractivity contribution in [2.24, 2.45) is 4.99 Å². The molecule has 0 saturated carbocycles. The van der Waals surface area contributed by atoms with E-state index in [1.165, 1.54) is 0 Å². The summed E-state index contributed by atoms with van der Waals surface area (Å²) in [6, 6.07) is 0. The summed E-state index contributed by atoms with van der Waals surface area (Å²) in [6.45, 7) is 7.68. The van der Waals surface area contributed by atoms with Crippen LogP contribution < -0.4 is 0 Å². The fourth-order valence-electron chi connectivity index (χ4n) is 0.509. The van der Waals surface area contributed by atoms with Crippen LogP contribution in [0.1, 0.15) is 20.8 Å². The van der Waals surface area contributed by atoms with E-state index in [2.05, 4.69) is 4.99 Å². The highest BCUT2D eigenvalue weighted by molar-refractivity contribution is 5.66. The molecule has 0 aliphatic heterocycles. The third-order valence-corrected chi connectivity index (χ3v) is 0.823. The molecule has 0 aliphatic carbocycles. The van der Waals surface area contributed by atoms with Gasteiger partial charge in [-0.3, -0.25) is 0 Å². The van der Waals surface area contributed by atoms with E-state index in [1.807, 2.05) is 20.8 Å². The lowest BCUT2D eigenvalue weighted by Crippen LogP contribution is -2.09. The minimum Gasteiger partial charge on any atom is -0.451 e. The van der Waals surface area contributed by atoms with Crippen LogP contribution in [0.15, 0.2) is 4.99 Å². The highest BCUT2D eigenvalue weighted by Gasteiger charge is 1.95. The van der Waals surface area contributed by atoms with Gasteiger partial charge in [0.2, 0.25) is 0 Å². The molecule has 0 aliphatic rings. The molecule has 0 rings (SSSR count). The van der Waals surface area contributed by atoms with Crippen molar-refractivity contribution in [2.45, 2.75) is 20.8 Å². The zero-order valence-corrected chi connectivity index (χ0v) is 6.89. The van der Waals surface area contributed by atoms with Crippen molar-refractivity contribution in [2.75, 3.05) is 19.8 Å². The molecule has 10 heavy (non-hydrogen) atoms. The van der Waals surface area contributed by atoms with Crippen LogP contribution in [0.25, 0.3) is 0 Å². The molecule has 0 aromatic heterocycles. The first-order chi connectivity index (χ1) is 4.85. The van der Waals surface area contributed by atoms with E-state index < -0.39 is 0 Å². The molecule has 3 nitrogen and oxygen atoms in total. The zero-order valence-electron chi connectivity index (χ0n) is 6.89. The summed E-state index contributed by atoms with van der Waals surface area (Å²) in [5, 5.41) is 0. The van der Waals surface area contributed by atoms with E-state index in [4.69, 9.17) is 9.47 Å². The number of hydrogen-bond acceptors (Lipinski definition) is 3. The average molecular weight is 145 g/mol. The molecule has 60 valence electrons. The fourth-order valence-corrected chi connectivity index (χ4v) is 0.509. The molecular formula is C7H15NO2. The molecule has 0 spiro atoms. The average Bonchev–Trinajstić information content (AvgIpc) is 1.90. The summed E-state index contributed by atoms with van der Waals surface area (Å²) in [5.41, 5.74) is 0. The van der Waals surface area contributed by atoms with Gasteiger partial charge >= 0.3 is 6.08 Å². The molecule has 0 saturated heterocycles. The maximum absolute atomic E-state index is 5.05. The predicted molar refractivity (Wildman–Crippen MR) is 41.2 cm³/mol. The van der Waals surface area contributed by atoms with E-state index in [0.717, 1.165) is 0 Å².